The highest BCUT2D eigenvalue weighted by molar-refractivity contribution is 8.02. The Morgan fingerprint density at radius 3 is 2.57 bits per heavy atom. The van der Waals surface area contributed by atoms with E-state index < -0.39 is 0 Å². The van der Waals surface area contributed by atoms with Gasteiger partial charge in [0.2, 0.25) is 0 Å². The Morgan fingerprint density at radius 1 is 0.967 bits per heavy atom. The summed E-state index contributed by atoms with van der Waals surface area (Å²) in [4.78, 5) is 7.46. The van der Waals surface area contributed by atoms with Crippen molar-refractivity contribution in [2.45, 2.75) is 38.0 Å². The molecule has 0 amide bonds. The van der Waals surface area contributed by atoms with E-state index in [1.165, 1.54) is 51.2 Å². The van der Waals surface area contributed by atoms with Gasteiger partial charge in [-0.05, 0) is 65.1 Å². The van der Waals surface area contributed by atoms with Gasteiger partial charge < -0.3 is 0 Å². The topological polar surface area (TPSA) is 12.9 Å². The minimum Gasteiger partial charge on any atom is -0.255 e. The quantitative estimate of drug-likeness (QED) is 0.257. The molecule has 0 atom stereocenters. The molecule has 0 saturated carbocycles. The molecule has 0 bridgehead atoms. The molecule has 0 aliphatic carbocycles. The number of aryl methyl sites for hydroxylation is 1. The first-order valence-corrected chi connectivity index (χ1v) is 12.5. The molecule has 5 rings (SSSR count). The van der Waals surface area contributed by atoms with Crippen LogP contribution in [0.3, 0.4) is 0 Å². The minimum absolute atomic E-state index is 0.0532. The van der Waals surface area contributed by atoms with E-state index >= 15 is 0 Å². The van der Waals surface area contributed by atoms with E-state index in [1.54, 1.807) is 11.8 Å². The Kier molecular flexibility index (Phi) is 4.77. The van der Waals surface area contributed by atoms with Gasteiger partial charge in [-0.3, -0.25) is 4.98 Å². The molecule has 3 aromatic heterocycles. The smallest absolute Gasteiger partial charge is 0.0880 e. The molecule has 4 heteroatoms. The van der Waals surface area contributed by atoms with Gasteiger partial charge in [0.1, 0.15) is 0 Å². The standard InChI is InChI=1S/C26H23NS3/c1-6-28-21-8-7-16(13-20(21)26(3,4)5)24-25-18(9-10-27-24)19-12-17-11-15(2)29-22(17)14-23(19)30-25/h6-14H,1H2,2-5H3. The maximum absolute atomic E-state index is 4.83. The predicted octanol–water partition coefficient (Wildman–Crippen LogP) is 9.17. The summed E-state index contributed by atoms with van der Waals surface area (Å²) in [6, 6.07) is 15.9. The van der Waals surface area contributed by atoms with Gasteiger partial charge in [0.25, 0.3) is 0 Å². The molecule has 5 aromatic rings. The van der Waals surface area contributed by atoms with E-state index in [0.29, 0.717) is 0 Å². The molecule has 150 valence electrons. The zero-order valence-corrected chi connectivity index (χ0v) is 20.0. The molecular formula is C26H23NS3. The van der Waals surface area contributed by atoms with Gasteiger partial charge in [0.05, 0.1) is 10.4 Å². The van der Waals surface area contributed by atoms with Gasteiger partial charge >= 0.3 is 0 Å². The third-order valence-electron chi connectivity index (χ3n) is 5.42. The molecular weight excluding hydrogens is 422 g/mol. The molecule has 0 unspecified atom stereocenters. The van der Waals surface area contributed by atoms with Crippen molar-refractivity contribution in [3.05, 3.63) is 71.1 Å². The van der Waals surface area contributed by atoms with Crippen LogP contribution < -0.4 is 0 Å². The number of hydrogen-bond donors (Lipinski definition) is 0. The molecule has 1 nitrogen and oxygen atoms in total. The van der Waals surface area contributed by atoms with E-state index in [2.05, 4.69) is 76.7 Å². The third-order valence-corrected chi connectivity index (χ3v) is 8.38. The molecule has 0 fully saturated rings. The number of thioether (sulfide) groups is 1. The van der Waals surface area contributed by atoms with Crippen LogP contribution in [0.15, 0.2) is 65.5 Å². The lowest BCUT2D eigenvalue weighted by Crippen LogP contribution is -2.12. The number of fused-ring (bicyclic) bond motifs is 4. The van der Waals surface area contributed by atoms with Gasteiger partial charge in [-0.1, -0.05) is 45.2 Å². The Labute approximate surface area is 189 Å². The van der Waals surface area contributed by atoms with Crippen LogP contribution in [0.5, 0.6) is 0 Å². The van der Waals surface area contributed by atoms with Crippen LogP contribution in [0.25, 0.3) is 41.5 Å². The average Bonchev–Trinajstić information content (AvgIpc) is 3.24. The molecule has 0 radical (unpaired) electrons. The van der Waals surface area contributed by atoms with Gasteiger partial charge in [0.15, 0.2) is 0 Å². The highest BCUT2D eigenvalue weighted by Gasteiger charge is 2.20. The van der Waals surface area contributed by atoms with Crippen LogP contribution in [0.4, 0.5) is 0 Å². The Morgan fingerprint density at radius 2 is 1.80 bits per heavy atom. The van der Waals surface area contributed by atoms with Crippen molar-refractivity contribution >= 4 is 64.7 Å². The lowest BCUT2D eigenvalue weighted by Gasteiger charge is -2.23. The van der Waals surface area contributed by atoms with Crippen LogP contribution in [-0.2, 0) is 5.41 Å². The lowest BCUT2D eigenvalue weighted by molar-refractivity contribution is 0.578. The number of aromatic nitrogens is 1. The van der Waals surface area contributed by atoms with Crippen LogP contribution in [-0.4, -0.2) is 4.98 Å². The Hall–Kier alpha value is -2.14. The normalized spacial score (nSPS) is 12.3. The summed E-state index contributed by atoms with van der Waals surface area (Å²) in [5, 5.41) is 5.87. The Balaban J connectivity index is 1.75. The summed E-state index contributed by atoms with van der Waals surface area (Å²) in [6.07, 6.45) is 1.95. The molecule has 2 aromatic carbocycles. The number of thiophene rings is 2. The molecule has 0 N–H and O–H groups in total. The summed E-state index contributed by atoms with van der Waals surface area (Å²) in [6.45, 7) is 12.9. The lowest BCUT2D eigenvalue weighted by atomic mass is 9.85. The van der Waals surface area contributed by atoms with Crippen LogP contribution in [0.2, 0.25) is 0 Å². The predicted molar refractivity (Wildman–Crippen MR) is 137 cm³/mol. The van der Waals surface area contributed by atoms with E-state index in [4.69, 9.17) is 4.98 Å². The maximum atomic E-state index is 4.83. The highest BCUT2D eigenvalue weighted by atomic mass is 32.2. The second-order valence-electron chi connectivity index (χ2n) is 8.63. The summed E-state index contributed by atoms with van der Waals surface area (Å²) < 4.78 is 3.97. The van der Waals surface area contributed by atoms with Crippen molar-refractivity contribution in [2.24, 2.45) is 0 Å². The molecule has 0 spiro atoms. The fraction of sp³-hybridized carbons (Fsp3) is 0.192. The van der Waals surface area contributed by atoms with Crippen LogP contribution >= 0.6 is 34.4 Å². The fourth-order valence-corrected chi connectivity index (χ4v) is 7.10. The summed E-state index contributed by atoms with van der Waals surface area (Å²) >= 11 is 5.42. The van der Waals surface area contributed by atoms with Crippen LogP contribution in [0.1, 0.15) is 31.2 Å². The van der Waals surface area contributed by atoms with E-state index in [0.717, 1.165) is 5.69 Å². The number of rotatable bonds is 3. The fourth-order valence-electron chi connectivity index (χ4n) is 4.03. The van der Waals surface area contributed by atoms with Gasteiger partial charge in [-0.2, -0.15) is 0 Å². The van der Waals surface area contributed by atoms with Crippen molar-refractivity contribution in [3.8, 4) is 11.3 Å². The molecule has 3 heterocycles. The van der Waals surface area contributed by atoms with Gasteiger partial charge in [0, 0.05) is 41.7 Å². The zero-order valence-electron chi connectivity index (χ0n) is 17.6. The second kappa shape index (κ2) is 7.23. The van der Waals surface area contributed by atoms with Crippen molar-refractivity contribution < 1.29 is 0 Å². The summed E-state index contributed by atoms with van der Waals surface area (Å²) in [7, 11) is 0. The zero-order chi connectivity index (χ0) is 21.0. The average molecular weight is 446 g/mol. The van der Waals surface area contributed by atoms with Crippen molar-refractivity contribution in [1.29, 1.82) is 0 Å². The van der Waals surface area contributed by atoms with Crippen molar-refractivity contribution in [3.63, 3.8) is 0 Å². The molecule has 0 aliphatic rings. The summed E-state index contributed by atoms with van der Waals surface area (Å²) in [5.74, 6) is 0. The number of hydrogen-bond acceptors (Lipinski definition) is 4. The van der Waals surface area contributed by atoms with Gasteiger partial charge in [-0.15, -0.1) is 22.7 Å². The van der Waals surface area contributed by atoms with Crippen LogP contribution in [0, 0.1) is 6.92 Å². The van der Waals surface area contributed by atoms with Crippen molar-refractivity contribution in [2.75, 3.05) is 0 Å². The largest absolute Gasteiger partial charge is 0.255 e. The first-order chi connectivity index (χ1) is 14.3. The van der Waals surface area contributed by atoms with Crippen molar-refractivity contribution in [1.82, 2.24) is 4.98 Å². The Bertz CT molecular complexity index is 1430. The molecule has 0 aliphatic heterocycles. The molecule has 0 saturated heterocycles. The van der Waals surface area contributed by atoms with E-state index in [1.807, 2.05) is 34.3 Å². The number of nitrogens with zero attached hydrogens (tertiary/aromatic N) is 1. The summed E-state index contributed by atoms with van der Waals surface area (Å²) in [5.41, 5.74) is 3.65. The molecule has 30 heavy (non-hydrogen) atoms. The van der Waals surface area contributed by atoms with E-state index in [9.17, 15) is 0 Å². The first kappa shape index (κ1) is 19.8. The number of pyridine rings is 1. The maximum Gasteiger partial charge on any atom is 0.0880 e. The van der Waals surface area contributed by atoms with Gasteiger partial charge in [-0.25, -0.2) is 0 Å². The minimum atomic E-state index is 0.0532. The monoisotopic (exact) mass is 445 g/mol. The third kappa shape index (κ3) is 3.27. The number of benzene rings is 2. The SMILES string of the molecule is C=CSc1ccc(-c2nccc3c2sc2cc4sc(C)cc4cc23)cc1C(C)(C)C. The first-order valence-electron chi connectivity index (χ1n) is 9.99. The van der Waals surface area contributed by atoms with E-state index in [-0.39, 0.29) is 5.41 Å². The highest BCUT2D eigenvalue weighted by Crippen LogP contribution is 2.43. The second-order valence-corrected chi connectivity index (χ2v) is 12.0.